The summed E-state index contributed by atoms with van der Waals surface area (Å²) in [6.45, 7) is 4.68. The van der Waals surface area contributed by atoms with Crippen molar-refractivity contribution < 1.29 is 14.3 Å². The van der Waals surface area contributed by atoms with Crippen molar-refractivity contribution in [2.75, 3.05) is 18.5 Å². The average Bonchev–Trinajstić information content (AvgIpc) is 2.37. The molecule has 0 unspecified atom stereocenters. The molecule has 3 amide bonds. The minimum Gasteiger partial charge on any atom is -0.484 e. The van der Waals surface area contributed by atoms with E-state index in [9.17, 15) is 9.59 Å². The van der Waals surface area contributed by atoms with Gasteiger partial charge in [0.1, 0.15) is 5.75 Å². The summed E-state index contributed by atoms with van der Waals surface area (Å²) in [5, 5.41) is 5.49. The number of carbonyl (C=O) groups excluding carboxylic acids is 2. The van der Waals surface area contributed by atoms with Gasteiger partial charge in [-0.1, -0.05) is 13.8 Å². The molecule has 6 nitrogen and oxygen atoms in total. The lowest BCUT2D eigenvalue weighted by molar-refractivity contribution is -0.119. The molecule has 110 valence electrons. The number of urea groups is 1. The minimum absolute atomic E-state index is 0.164. The van der Waals surface area contributed by atoms with Crippen LogP contribution in [0.1, 0.15) is 20.3 Å². The van der Waals surface area contributed by atoms with Gasteiger partial charge in [-0.25, -0.2) is 4.79 Å². The monoisotopic (exact) mass is 279 g/mol. The van der Waals surface area contributed by atoms with Crippen molar-refractivity contribution in [3.05, 3.63) is 24.3 Å². The highest BCUT2D eigenvalue weighted by Crippen LogP contribution is 2.15. The molecule has 0 aliphatic carbocycles. The van der Waals surface area contributed by atoms with Crippen molar-refractivity contribution in [1.82, 2.24) is 5.32 Å². The van der Waals surface area contributed by atoms with E-state index in [1.165, 1.54) is 0 Å². The van der Waals surface area contributed by atoms with E-state index in [0.717, 1.165) is 6.42 Å². The molecule has 0 saturated heterocycles. The molecular weight excluding hydrogens is 258 g/mol. The van der Waals surface area contributed by atoms with E-state index < -0.39 is 5.91 Å². The number of nitrogens with two attached hydrogens (primary N) is 1. The number of primary amides is 1. The normalized spacial score (nSPS) is 10.2. The third-order valence-corrected chi connectivity index (χ3v) is 2.50. The molecule has 0 heterocycles. The lowest BCUT2D eigenvalue weighted by Gasteiger charge is -2.09. The maximum Gasteiger partial charge on any atom is 0.319 e. The predicted molar refractivity (Wildman–Crippen MR) is 77.6 cm³/mol. The summed E-state index contributed by atoms with van der Waals surface area (Å²) in [6, 6.07) is 6.47. The van der Waals surface area contributed by atoms with E-state index >= 15 is 0 Å². The Morgan fingerprint density at radius 3 is 2.45 bits per heavy atom. The van der Waals surface area contributed by atoms with E-state index in [4.69, 9.17) is 10.5 Å². The fourth-order valence-electron chi connectivity index (χ4n) is 1.44. The van der Waals surface area contributed by atoms with Gasteiger partial charge in [-0.05, 0) is 36.6 Å². The van der Waals surface area contributed by atoms with Gasteiger partial charge in [0.05, 0.1) is 0 Å². The molecule has 4 N–H and O–H groups in total. The van der Waals surface area contributed by atoms with E-state index in [-0.39, 0.29) is 12.6 Å². The Labute approximate surface area is 118 Å². The fraction of sp³-hybridized carbons (Fsp3) is 0.429. The van der Waals surface area contributed by atoms with Crippen LogP contribution >= 0.6 is 0 Å². The zero-order chi connectivity index (χ0) is 15.0. The van der Waals surface area contributed by atoms with Crippen LogP contribution in [0.15, 0.2) is 24.3 Å². The summed E-state index contributed by atoms with van der Waals surface area (Å²) >= 11 is 0. The number of benzene rings is 1. The van der Waals surface area contributed by atoms with E-state index in [2.05, 4.69) is 24.5 Å². The Bertz CT molecular complexity index is 443. The third kappa shape index (κ3) is 6.63. The fourth-order valence-corrected chi connectivity index (χ4v) is 1.44. The van der Waals surface area contributed by atoms with Crippen LogP contribution in [0.2, 0.25) is 0 Å². The van der Waals surface area contributed by atoms with Gasteiger partial charge in [-0.3, -0.25) is 4.79 Å². The van der Waals surface area contributed by atoms with Crippen molar-refractivity contribution in [2.45, 2.75) is 20.3 Å². The van der Waals surface area contributed by atoms with Gasteiger partial charge in [0.15, 0.2) is 6.61 Å². The van der Waals surface area contributed by atoms with Gasteiger partial charge in [-0.15, -0.1) is 0 Å². The number of anilines is 1. The van der Waals surface area contributed by atoms with Crippen LogP contribution < -0.4 is 21.1 Å². The molecule has 0 spiro atoms. The van der Waals surface area contributed by atoms with Crippen LogP contribution in [-0.4, -0.2) is 25.1 Å². The standard InChI is InChI=1S/C14H21N3O3/c1-10(2)7-8-16-14(19)17-11-3-5-12(6-4-11)20-9-13(15)18/h3-6,10H,7-9H2,1-2H3,(H2,15,18)(H2,16,17,19). The Hall–Kier alpha value is -2.24. The SMILES string of the molecule is CC(C)CCNC(=O)Nc1ccc(OCC(N)=O)cc1. The summed E-state index contributed by atoms with van der Waals surface area (Å²) < 4.78 is 5.12. The lowest BCUT2D eigenvalue weighted by Crippen LogP contribution is -2.30. The lowest BCUT2D eigenvalue weighted by atomic mass is 10.1. The number of rotatable bonds is 7. The predicted octanol–water partition coefficient (Wildman–Crippen LogP) is 1.72. The minimum atomic E-state index is -0.531. The zero-order valence-electron chi connectivity index (χ0n) is 11.8. The van der Waals surface area contributed by atoms with Crippen LogP contribution in [0.3, 0.4) is 0 Å². The number of carbonyl (C=O) groups is 2. The molecule has 0 aliphatic heterocycles. The maximum atomic E-state index is 11.6. The maximum absolute atomic E-state index is 11.6. The molecule has 0 fully saturated rings. The molecule has 0 aliphatic rings. The first kappa shape index (κ1) is 15.8. The molecular formula is C14H21N3O3. The van der Waals surface area contributed by atoms with Crippen molar-refractivity contribution in [2.24, 2.45) is 11.7 Å². The smallest absolute Gasteiger partial charge is 0.319 e. The quantitative estimate of drug-likeness (QED) is 0.709. The molecule has 1 aromatic carbocycles. The van der Waals surface area contributed by atoms with Gasteiger partial charge in [0, 0.05) is 12.2 Å². The molecule has 6 heteroatoms. The van der Waals surface area contributed by atoms with Gasteiger partial charge in [0.2, 0.25) is 0 Å². The first-order valence-electron chi connectivity index (χ1n) is 6.53. The number of nitrogens with one attached hydrogen (secondary N) is 2. The zero-order valence-corrected chi connectivity index (χ0v) is 11.8. The highest BCUT2D eigenvalue weighted by molar-refractivity contribution is 5.89. The topological polar surface area (TPSA) is 93.4 Å². The number of hydrogen-bond donors (Lipinski definition) is 3. The molecule has 0 aromatic heterocycles. The molecule has 0 saturated carbocycles. The van der Waals surface area contributed by atoms with Crippen LogP contribution in [0.4, 0.5) is 10.5 Å². The Kier molecular flexibility index (Phi) is 6.36. The van der Waals surface area contributed by atoms with E-state index in [1.54, 1.807) is 24.3 Å². The molecule has 0 bridgehead atoms. The van der Waals surface area contributed by atoms with Crippen LogP contribution in [0.5, 0.6) is 5.75 Å². The molecule has 1 aromatic rings. The molecule has 20 heavy (non-hydrogen) atoms. The molecule has 1 rings (SSSR count). The highest BCUT2D eigenvalue weighted by Gasteiger charge is 2.03. The van der Waals surface area contributed by atoms with Gasteiger partial charge >= 0.3 is 6.03 Å². The van der Waals surface area contributed by atoms with Gasteiger partial charge in [-0.2, -0.15) is 0 Å². The number of amides is 3. The Balaban J connectivity index is 2.37. The van der Waals surface area contributed by atoms with Crippen molar-refractivity contribution >= 4 is 17.6 Å². The first-order valence-corrected chi connectivity index (χ1v) is 6.53. The third-order valence-electron chi connectivity index (χ3n) is 2.50. The summed E-state index contributed by atoms with van der Waals surface area (Å²) in [5.74, 6) is 0.545. The van der Waals surface area contributed by atoms with Crippen LogP contribution in [-0.2, 0) is 4.79 Å². The number of hydrogen-bond acceptors (Lipinski definition) is 3. The van der Waals surface area contributed by atoms with Crippen LogP contribution in [0, 0.1) is 5.92 Å². The van der Waals surface area contributed by atoms with Gasteiger partial charge < -0.3 is 21.1 Å². The summed E-state index contributed by atoms with van der Waals surface area (Å²) in [7, 11) is 0. The highest BCUT2D eigenvalue weighted by atomic mass is 16.5. The number of ether oxygens (including phenoxy) is 1. The van der Waals surface area contributed by atoms with E-state index in [0.29, 0.717) is 23.9 Å². The second-order valence-electron chi connectivity index (χ2n) is 4.84. The van der Waals surface area contributed by atoms with Crippen LogP contribution in [0.25, 0.3) is 0 Å². The summed E-state index contributed by atoms with van der Waals surface area (Å²) in [6.07, 6.45) is 0.938. The average molecular weight is 279 g/mol. The van der Waals surface area contributed by atoms with Crippen molar-refractivity contribution in [3.8, 4) is 5.75 Å². The first-order chi connectivity index (χ1) is 9.47. The molecule has 0 radical (unpaired) electrons. The van der Waals surface area contributed by atoms with E-state index in [1.807, 2.05) is 0 Å². The largest absolute Gasteiger partial charge is 0.484 e. The summed E-state index contributed by atoms with van der Waals surface area (Å²) in [5.41, 5.74) is 5.63. The Morgan fingerprint density at radius 1 is 1.25 bits per heavy atom. The molecule has 0 atom stereocenters. The van der Waals surface area contributed by atoms with Gasteiger partial charge in [0.25, 0.3) is 5.91 Å². The summed E-state index contributed by atoms with van der Waals surface area (Å²) in [4.78, 5) is 22.1. The van der Waals surface area contributed by atoms with Crippen molar-refractivity contribution in [3.63, 3.8) is 0 Å². The van der Waals surface area contributed by atoms with Crippen molar-refractivity contribution in [1.29, 1.82) is 0 Å². The Morgan fingerprint density at radius 2 is 1.90 bits per heavy atom. The second-order valence-corrected chi connectivity index (χ2v) is 4.84. The second kappa shape index (κ2) is 8.04.